The quantitative estimate of drug-likeness (QED) is 0.466. The maximum Gasteiger partial charge on any atom is 0.277 e. The Hall–Kier alpha value is -0.700. The average molecular weight is 172 g/mol. The monoisotopic (exact) mass is 172 g/mol. The fraction of sp³-hybridized carbons (Fsp3) is 0.875. The van der Waals surface area contributed by atoms with Gasteiger partial charge in [-0.1, -0.05) is 6.92 Å². The second-order valence-electron chi connectivity index (χ2n) is 2.16. The van der Waals surface area contributed by atoms with Gasteiger partial charge in [0.05, 0.1) is 6.01 Å². The van der Waals surface area contributed by atoms with Crippen molar-refractivity contribution >= 4 is 6.01 Å². The molecule has 0 aromatic heterocycles. The molecule has 0 heterocycles. The minimum absolute atomic E-state index is 0.631. The van der Waals surface area contributed by atoms with Gasteiger partial charge in [0.25, 0.3) is 5.91 Å². The number of aliphatic imine (C=N–C) groups is 2. The third-order valence-electron chi connectivity index (χ3n) is 1.53. The minimum atomic E-state index is -0.904. The molecule has 0 atom stereocenters. The van der Waals surface area contributed by atoms with E-state index in [0.29, 0.717) is 13.0 Å². The second kappa shape index (κ2) is 5.89. The first-order valence-corrected chi connectivity index (χ1v) is 3.98. The molecule has 0 aliphatic carbocycles. The molecule has 0 aromatic carbocycles. The van der Waals surface area contributed by atoms with Crippen molar-refractivity contribution in [3.63, 3.8) is 0 Å². The van der Waals surface area contributed by atoms with Crippen molar-refractivity contribution in [1.82, 2.24) is 0 Å². The van der Waals surface area contributed by atoms with Gasteiger partial charge < -0.3 is 9.47 Å². The first-order chi connectivity index (χ1) is 5.74. The Morgan fingerprint density at radius 1 is 1.25 bits per heavy atom. The maximum absolute atomic E-state index is 5.07. The van der Waals surface area contributed by atoms with Gasteiger partial charge in [0, 0.05) is 27.2 Å². The molecule has 12 heavy (non-hydrogen) atoms. The molecule has 0 aliphatic heterocycles. The van der Waals surface area contributed by atoms with E-state index < -0.39 is 5.91 Å². The summed E-state index contributed by atoms with van der Waals surface area (Å²) in [6.45, 7) is 4.50. The summed E-state index contributed by atoms with van der Waals surface area (Å²) in [5, 5.41) is 0. The summed E-state index contributed by atoms with van der Waals surface area (Å²) >= 11 is 0. The predicted octanol–water partition coefficient (Wildman–Crippen LogP) is 1.54. The summed E-state index contributed by atoms with van der Waals surface area (Å²) in [5.41, 5.74) is 0. The number of ether oxygens (including phenoxy) is 2. The van der Waals surface area contributed by atoms with E-state index >= 15 is 0 Å². The zero-order valence-electron chi connectivity index (χ0n) is 8.13. The van der Waals surface area contributed by atoms with Gasteiger partial charge in [-0.25, -0.2) is 4.99 Å². The van der Waals surface area contributed by atoms with Crippen LogP contribution in [0.3, 0.4) is 0 Å². The summed E-state index contributed by atoms with van der Waals surface area (Å²) in [4.78, 5) is 7.76. The van der Waals surface area contributed by atoms with Crippen molar-refractivity contribution in [2.75, 3.05) is 20.8 Å². The highest BCUT2D eigenvalue weighted by molar-refractivity contribution is 5.41. The summed E-state index contributed by atoms with van der Waals surface area (Å²) < 4.78 is 10.1. The van der Waals surface area contributed by atoms with Gasteiger partial charge in [-0.3, -0.25) is 0 Å². The van der Waals surface area contributed by atoms with Gasteiger partial charge in [-0.2, -0.15) is 4.99 Å². The van der Waals surface area contributed by atoms with Crippen molar-refractivity contribution in [2.24, 2.45) is 9.98 Å². The highest BCUT2D eigenvalue weighted by Gasteiger charge is 2.25. The van der Waals surface area contributed by atoms with Crippen LogP contribution in [0.1, 0.15) is 20.3 Å². The Labute approximate surface area is 73.3 Å². The largest absolute Gasteiger partial charge is 0.334 e. The van der Waals surface area contributed by atoms with Crippen LogP contribution in [0.5, 0.6) is 0 Å². The lowest BCUT2D eigenvalue weighted by Gasteiger charge is -2.22. The molecule has 0 spiro atoms. The summed E-state index contributed by atoms with van der Waals surface area (Å²) in [6, 6.07) is 2.53. The number of nitrogens with zero attached hydrogens (tertiary/aromatic N) is 2. The highest BCUT2D eigenvalue weighted by Crippen LogP contribution is 2.16. The fourth-order valence-electron chi connectivity index (χ4n) is 0.725. The van der Waals surface area contributed by atoms with Crippen molar-refractivity contribution < 1.29 is 9.47 Å². The Morgan fingerprint density at radius 3 is 2.17 bits per heavy atom. The second-order valence-corrected chi connectivity index (χ2v) is 2.16. The standard InChI is InChI=1S/C8H16N2O2/c1-5-8(11-3,12-4)10-7-9-6-2/h5-6H2,1-4H3. The Balaban J connectivity index is 4.39. The van der Waals surface area contributed by atoms with Gasteiger partial charge >= 0.3 is 0 Å². The van der Waals surface area contributed by atoms with Crippen LogP contribution in [0.2, 0.25) is 0 Å². The molecule has 70 valence electrons. The smallest absolute Gasteiger partial charge is 0.277 e. The van der Waals surface area contributed by atoms with Gasteiger partial charge in [-0.15, -0.1) is 0 Å². The minimum Gasteiger partial charge on any atom is -0.334 e. The highest BCUT2D eigenvalue weighted by atomic mass is 16.7. The van der Waals surface area contributed by atoms with Gasteiger partial charge in [0.1, 0.15) is 0 Å². The lowest BCUT2D eigenvalue weighted by Crippen LogP contribution is -2.29. The molecular weight excluding hydrogens is 156 g/mol. The third-order valence-corrected chi connectivity index (χ3v) is 1.53. The third kappa shape index (κ3) is 3.13. The SMILES string of the molecule is CCN=C=NC(CC)(OC)OC. The van der Waals surface area contributed by atoms with Gasteiger partial charge in [0.2, 0.25) is 0 Å². The molecule has 4 nitrogen and oxygen atoms in total. The van der Waals surface area contributed by atoms with E-state index in [4.69, 9.17) is 9.47 Å². The normalized spacial score (nSPS) is 10.7. The lowest BCUT2D eigenvalue weighted by molar-refractivity contribution is -0.200. The van der Waals surface area contributed by atoms with E-state index in [-0.39, 0.29) is 0 Å². The molecule has 0 saturated heterocycles. The maximum atomic E-state index is 5.07. The number of hydrogen-bond acceptors (Lipinski definition) is 4. The molecule has 0 unspecified atom stereocenters. The molecule has 4 heteroatoms. The van der Waals surface area contributed by atoms with Crippen LogP contribution in [0.25, 0.3) is 0 Å². The first kappa shape index (κ1) is 11.3. The molecule has 0 N–H and O–H groups in total. The lowest BCUT2D eigenvalue weighted by atomic mass is 10.4. The predicted molar refractivity (Wildman–Crippen MR) is 47.4 cm³/mol. The van der Waals surface area contributed by atoms with Crippen molar-refractivity contribution in [3.8, 4) is 0 Å². The molecular formula is C8H16N2O2. The Kier molecular flexibility index (Phi) is 5.54. The van der Waals surface area contributed by atoms with Crippen molar-refractivity contribution in [2.45, 2.75) is 26.2 Å². The van der Waals surface area contributed by atoms with E-state index in [1.165, 1.54) is 0 Å². The molecule has 0 rings (SSSR count). The van der Waals surface area contributed by atoms with Crippen molar-refractivity contribution in [1.29, 1.82) is 0 Å². The Morgan fingerprint density at radius 2 is 1.83 bits per heavy atom. The van der Waals surface area contributed by atoms with E-state index in [0.717, 1.165) is 0 Å². The summed E-state index contributed by atoms with van der Waals surface area (Å²) in [6.07, 6.45) is 0.631. The van der Waals surface area contributed by atoms with E-state index in [1.54, 1.807) is 14.2 Å². The van der Waals surface area contributed by atoms with Crippen LogP contribution in [-0.2, 0) is 9.47 Å². The van der Waals surface area contributed by atoms with Gasteiger partial charge in [-0.05, 0) is 6.92 Å². The Bertz CT molecular complexity index is 162. The molecule has 0 aromatic rings. The van der Waals surface area contributed by atoms with Crippen LogP contribution < -0.4 is 0 Å². The number of hydrogen-bond donors (Lipinski definition) is 0. The topological polar surface area (TPSA) is 43.2 Å². The zero-order valence-corrected chi connectivity index (χ0v) is 8.13. The van der Waals surface area contributed by atoms with Crippen LogP contribution in [0.4, 0.5) is 0 Å². The average Bonchev–Trinajstić information content (AvgIpc) is 2.14. The molecule has 0 bridgehead atoms. The summed E-state index contributed by atoms with van der Waals surface area (Å²) in [7, 11) is 3.09. The molecule has 0 fully saturated rings. The van der Waals surface area contributed by atoms with Crippen LogP contribution >= 0.6 is 0 Å². The van der Waals surface area contributed by atoms with E-state index in [2.05, 4.69) is 16.0 Å². The molecule has 0 aliphatic rings. The van der Waals surface area contributed by atoms with E-state index in [1.807, 2.05) is 13.8 Å². The summed E-state index contributed by atoms with van der Waals surface area (Å²) in [5.74, 6) is -0.904. The van der Waals surface area contributed by atoms with Crippen LogP contribution in [0.15, 0.2) is 9.98 Å². The number of methoxy groups -OCH3 is 2. The number of rotatable bonds is 5. The van der Waals surface area contributed by atoms with E-state index in [9.17, 15) is 0 Å². The molecule has 0 radical (unpaired) electrons. The first-order valence-electron chi connectivity index (χ1n) is 3.98. The fourth-order valence-corrected chi connectivity index (χ4v) is 0.725. The van der Waals surface area contributed by atoms with Crippen LogP contribution in [-0.4, -0.2) is 32.7 Å². The van der Waals surface area contributed by atoms with Crippen molar-refractivity contribution in [3.05, 3.63) is 0 Å². The van der Waals surface area contributed by atoms with Gasteiger partial charge in [0.15, 0.2) is 0 Å². The zero-order chi connectivity index (χ0) is 9.45. The van der Waals surface area contributed by atoms with Crippen LogP contribution in [0, 0.1) is 0 Å². The molecule has 0 saturated carbocycles. The molecule has 0 amide bonds.